The molecule has 1 amide bonds. The van der Waals surface area contributed by atoms with E-state index in [1.165, 1.54) is 0 Å². The van der Waals surface area contributed by atoms with Gasteiger partial charge in [-0.2, -0.15) is 0 Å². The van der Waals surface area contributed by atoms with Gasteiger partial charge in [-0.05, 0) is 38.0 Å². The summed E-state index contributed by atoms with van der Waals surface area (Å²) in [5.41, 5.74) is 6.99. The lowest BCUT2D eigenvalue weighted by atomic mass is 10.1. The van der Waals surface area contributed by atoms with Crippen LogP contribution in [0.15, 0.2) is 46.9 Å². The molecule has 4 heteroatoms. The van der Waals surface area contributed by atoms with Crippen LogP contribution >= 0.6 is 0 Å². The summed E-state index contributed by atoms with van der Waals surface area (Å²) >= 11 is 0. The van der Waals surface area contributed by atoms with E-state index in [1.807, 2.05) is 56.3 Å². The first-order valence-electron chi connectivity index (χ1n) is 6.72. The Hall–Kier alpha value is -2.07. The molecular formula is C16H20N2O2. The second kappa shape index (κ2) is 6.39. The van der Waals surface area contributed by atoms with E-state index in [0.717, 1.165) is 17.1 Å². The SMILES string of the molecule is Cc1ccc(C(C)NC(=O)C(N)Cc2ccccc2)o1. The van der Waals surface area contributed by atoms with E-state index < -0.39 is 6.04 Å². The Morgan fingerprint density at radius 3 is 2.55 bits per heavy atom. The van der Waals surface area contributed by atoms with Crippen LogP contribution in [0, 0.1) is 6.92 Å². The molecule has 0 aliphatic heterocycles. The lowest BCUT2D eigenvalue weighted by Gasteiger charge is -2.16. The Kier molecular flexibility index (Phi) is 4.58. The van der Waals surface area contributed by atoms with E-state index in [4.69, 9.17) is 10.2 Å². The van der Waals surface area contributed by atoms with Crippen LogP contribution in [0.25, 0.3) is 0 Å². The largest absolute Gasteiger partial charge is 0.464 e. The van der Waals surface area contributed by atoms with Crippen molar-refractivity contribution in [3.05, 3.63) is 59.5 Å². The molecule has 1 aromatic heterocycles. The van der Waals surface area contributed by atoms with Crippen molar-refractivity contribution in [3.8, 4) is 0 Å². The predicted octanol–water partition coefficient (Wildman–Crippen LogP) is 2.34. The number of carbonyl (C=O) groups excluding carboxylic acids is 1. The molecule has 20 heavy (non-hydrogen) atoms. The Morgan fingerprint density at radius 1 is 1.25 bits per heavy atom. The Balaban J connectivity index is 1.91. The topological polar surface area (TPSA) is 68.3 Å². The number of benzene rings is 1. The van der Waals surface area contributed by atoms with Gasteiger partial charge >= 0.3 is 0 Å². The molecule has 2 atom stereocenters. The van der Waals surface area contributed by atoms with Crippen LogP contribution in [0.4, 0.5) is 0 Å². The first-order chi connectivity index (χ1) is 9.56. The highest BCUT2D eigenvalue weighted by Crippen LogP contribution is 2.15. The third-order valence-electron chi connectivity index (χ3n) is 3.18. The maximum absolute atomic E-state index is 12.1. The Morgan fingerprint density at radius 2 is 1.95 bits per heavy atom. The Bertz CT molecular complexity index is 563. The summed E-state index contributed by atoms with van der Waals surface area (Å²) in [5, 5.41) is 2.87. The van der Waals surface area contributed by atoms with Gasteiger partial charge in [-0.15, -0.1) is 0 Å². The second-order valence-electron chi connectivity index (χ2n) is 4.97. The molecular weight excluding hydrogens is 252 g/mol. The maximum atomic E-state index is 12.1. The molecule has 0 fully saturated rings. The number of rotatable bonds is 5. The van der Waals surface area contributed by atoms with Gasteiger partial charge in [-0.25, -0.2) is 0 Å². The average Bonchev–Trinajstić information content (AvgIpc) is 2.86. The van der Waals surface area contributed by atoms with E-state index in [0.29, 0.717) is 6.42 Å². The molecule has 3 N–H and O–H groups in total. The number of amides is 1. The highest BCUT2D eigenvalue weighted by Gasteiger charge is 2.18. The zero-order chi connectivity index (χ0) is 14.5. The number of nitrogens with one attached hydrogen (secondary N) is 1. The first-order valence-corrected chi connectivity index (χ1v) is 6.72. The number of hydrogen-bond acceptors (Lipinski definition) is 3. The lowest BCUT2D eigenvalue weighted by molar-refractivity contribution is -0.123. The number of aryl methyl sites for hydroxylation is 1. The van der Waals surface area contributed by atoms with Crippen molar-refractivity contribution in [2.75, 3.05) is 0 Å². The highest BCUT2D eigenvalue weighted by atomic mass is 16.3. The quantitative estimate of drug-likeness (QED) is 0.877. The summed E-state index contributed by atoms with van der Waals surface area (Å²) < 4.78 is 5.49. The van der Waals surface area contributed by atoms with Gasteiger partial charge in [0.25, 0.3) is 0 Å². The van der Waals surface area contributed by atoms with Gasteiger partial charge in [0.1, 0.15) is 11.5 Å². The molecule has 0 bridgehead atoms. The maximum Gasteiger partial charge on any atom is 0.237 e. The van der Waals surface area contributed by atoms with E-state index in [9.17, 15) is 4.79 Å². The molecule has 0 saturated heterocycles. The molecule has 2 unspecified atom stereocenters. The fourth-order valence-corrected chi connectivity index (χ4v) is 2.04. The van der Waals surface area contributed by atoms with Crippen molar-refractivity contribution >= 4 is 5.91 Å². The van der Waals surface area contributed by atoms with Crippen LogP contribution in [0.2, 0.25) is 0 Å². The molecule has 0 aliphatic rings. The van der Waals surface area contributed by atoms with Crippen molar-refractivity contribution in [2.45, 2.75) is 32.4 Å². The summed E-state index contributed by atoms with van der Waals surface area (Å²) in [6.07, 6.45) is 0.524. The monoisotopic (exact) mass is 272 g/mol. The third-order valence-corrected chi connectivity index (χ3v) is 3.18. The zero-order valence-corrected chi connectivity index (χ0v) is 11.8. The van der Waals surface area contributed by atoms with Crippen LogP contribution in [-0.2, 0) is 11.2 Å². The molecule has 106 valence electrons. The normalized spacial score (nSPS) is 13.8. The minimum absolute atomic E-state index is 0.171. The van der Waals surface area contributed by atoms with Crippen molar-refractivity contribution in [2.24, 2.45) is 5.73 Å². The smallest absolute Gasteiger partial charge is 0.237 e. The molecule has 2 aromatic rings. The van der Waals surface area contributed by atoms with Gasteiger partial charge < -0.3 is 15.5 Å². The van der Waals surface area contributed by atoms with E-state index in [-0.39, 0.29) is 11.9 Å². The van der Waals surface area contributed by atoms with Crippen LogP contribution in [0.5, 0.6) is 0 Å². The van der Waals surface area contributed by atoms with Crippen molar-refractivity contribution in [3.63, 3.8) is 0 Å². The van der Waals surface area contributed by atoms with Crippen molar-refractivity contribution < 1.29 is 9.21 Å². The number of nitrogens with two attached hydrogens (primary N) is 1. The third kappa shape index (κ3) is 3.71. The predicted molar refractivity (Wildman–Crippen MR) is 78.1 cm³/mol. The molecule has 0 aliphatic carbocycles. The van der Waals surface area contributed by atoms with Gasteiger partial charge in [0.2, 0.25) is 5.91 Å². The standard InChI is InChI=1S/C16H20N2O2/c1-11-8-9-15(20-11)12(2)18-16(19)14(17)10-13-6-4-3-5-7-13/h3-9,12,14H,10,17H2,1-2H3,(H,18,19). The fraction of sp³-hybridized carbons (Fsp3) is 0.312. The average molecular weight is 272 g/mol. The van der Waals surface area contributed by atoms with Crippen LogP contribution < -0.4 is 11.1 Å². The summed E-state index contributed by atoms with van der Waals surface area (Å²) in [7, 11) is 0. The van der Waals surface area contributed by atoms with Crippen molar-refractivity contribution in [1.29, 1.82) is 0 Å². The van der Waals surface area contributed by atoms with Crippen LogP contribution in [0.1, 0.15) is 30.0 Å². The fourth-order valence-electron chi connectivity index (χ4n) is 2.04. The van der Waals surface area contributed by atoms with Gasteiger partial charge in [0, 0.05) is 0 Å². The molecule has 1 heterocycles. The molecule has 1 aromatic carbocycles. The highest BCUT2D eigenvalue weighted by molar-refractivity contribution is 5.82. The van der Waals surface area contributed by atoms with E-state index in [1.54, 1.807) is 0 Å². The van der Waals surface area contributed by atoms with Crippen molar-refractivity contribution in [1.82, 2.24) is 5.32 Å². The summed E-state index contributed by atoms with van der Waals surface area (Å²) in [6, 6.07) is 12.7. The first kappa shape index (κ1) is 14.3. The van der Waals surface area contributed by atoms with Gasteiger partial charge in [-0.1, -0.05) is 30.3 Å². The summed E-state index contributed by atoms with van der Waals surface area (Å²) in [5.74, 6) is 1.40. The molecule has 0 spiro atoms. The summed E-state index contributed by atoms with van der Waals surface area (Å²) in [6.45, 7) is 3.75. The van der Waals surface area contributed by atoms with Crippen LogP contribution in [-0.4, -0.2) is 11.9 Å². The van der Waals surface area contributed by atoms with Gasteiger partial charge in [0.15, 0.2) is 0 Å². The lowest BCUT2D eigenvalue weighted by Crippen LogP contribution is -2.42. The van der Waals surface area contributed by atoms with Gasteiger partial charge in [-0.3, -0.25) is 4.79 Å². The second-order valence-corrected chi connectivity index (χ2v) is 4.97. The summed E-state index contributed by atoms with van der Waals surface area (Å²) in [4.78, 5) is 12.1. The Labute approximate surface area is 119 Å². The zero-order valence-electron chi connectivity index (χ0n) is 11.8. The molecule has 0 radical (unpaired) electrons. The molecule has 4 nitrogen and oxygen atoms in total. The van der Waals surface area contributed by atoms with E-state index in [2.05, 4.69) is 5.32 Å². The van der Waals surface area contributed by atoms with Crippen LogP contribution in [0.3, 0.4) is 0 Å². The number of carbonyl (C=O) groups is 1. The number of furan rings is 1. The van der Waals surface area contributed by atoms with E-state index >= 15 is 0 Å². The van der Waals surface area contributed by atoms with Gasteiger partial charge in [0.05, 0.1) is 12.1 Å². The number of hydrogen-bond donors (Lipinski definition) is 2. The minimum Gasteiger partial charge on any atom is -0.464 e. The molecule has 0 saturated carbocycles. The molecule has 2 rings (SSSR count). The minimum atomic E-state index is -0.559.